The molecule has 2 atom stereocenters. The Hall–Kier alpha value is 0.748. The number of rotatable bonds is 12. The van der Waals surface area contributed by atoms with Gasteiger partial charge in [0.2, 0.25) is 0 Å². The van der Waals surface area contributed by atoms with Gasteiger partial charge >= 0.3 is 18.6 Å². The average Bonchev–Trinajstić information content (AvgIpc) is 2.46. The van der Waals surface area contributed by atoms with Crippen molar-refractivity contribution in [2.75, 3.05) is 0 Å². The summed E-state index contributed by atoms with van der Waals surface area (Å²) < 4.78 is 18.9. The Labute approximate surface area is 127 Å². The Bertz CT molecular complexity index is 181. The van der Waals surface area contributed by atoms with Crippen LogP contribution in [0.5, 0.6) is 0 Å². The Morgan fingerprint density at radius 1 is 0.474 bits per heavy atom. The molecule has 2 unspecified atom stereocenters. The van der Waals surface area contributed by atoms with E-state index in [-0.39, 0.29) is 0 Å². The van der Waals surface area contributed by atoms with E-state index < -0.39 is 36.6 Å². The number of hydrogen-bond donors (Lipinski definition) is 0. The van der Waals surface area contributed by atoms with Crippen LogP contribution < -0.4 is 0 Å². The lowest BCUT2D eigenvalue weighted by Gasteiger charge is -2.27. The van der Waals surface area contributed by atoms with Crippen molar-refractivity contribution in [3.05, 3.63) is 0 Å². The van der Waals surface area contributed by atoms with Crippen LogP contribution in [0.2, 0.25) is 36.3 Å². The Morgan fingerprint density at radius 3 is 1.00 bits per heavy atom. The van der Waals surface area contributed by atoms with Crippen LogP contribution in [0.3, 0.4) is 0 Å². The second-order valence-electron chi connectivity index (χ2n) is 4.96. The van der Waals surface area contributed by atoms with Gasteiger partial charge in [-0.2, -0.15) is 0 Å². The van der Waals surface area contributed by atoms with E-state index in [0.717, 1.165) is 12.1 Å². The van der Waals surface area contributed by atoms with Gasteiger partial charge in [0.25, 0.3) is 0 Å². The van der Waals surface area contributed by atoms with Gasteiger partial charge in [-0.15, -0.1) is 0 Å². The van der Waals surface area contributed by atoms with Gasteiger partial charge in [0.1, 0.15) is 0 Å². The predicted octanol–water partition coefficient (Wildman–Crippen LogP) is 3.04. The standard InChI is InChI=1S/C12H34O3Si4/c1-7-16(8-2)13-18(11-5)15-19(12-6)14-17(9-3)10-4/h16-19H,7-12H2,1-6H3. The van der Waals surface area contributed by atoms with Crippen LogP contribution in [0, 0.1) is 0 Å². The van der Waals surface area contributed by atoms with E-state index in [0.29, 0.717) is 0 Å². The van der Waals surface area contributed by atoms with E-state index in [4.69, 9.17) is 12.3 Å². The first-order chi connectivity index (χ1) is 9.14. The second-order valence-corrected chi connectivity index (χ2v) is 17.3. The highest BCUT2D eigenvalue weighted by atomic mass is 28.4. The summed E-state index contributed by atoms with van der Waals surface area (Å²) in [6.45, 7) is 13.4. The molecule has 0 heterocycles. The normalized spacial score (nSPS) is 15.2. The molecule has 0 radical (unpaired) electrons. The molecular formula is C12H34O3Si4. The van der Waals surface area contributed by atoms with Gasteiger partial charge in [0.15, 0.2) is 18.1 Å². The summed E-state index contributed by atoms with van der Waals surface area (Å²) in [5.74, 6) is 0. The first kappa shape index (κ1) is 19.7. The van der Waals surface area contributed by atoms with E-state index in [1.807, 2.05) is 0 Å². The summed E-state index contributed by atoms with van der Waals surface area (Å²) in [6.07, 6.45) is 0. The molecule has 7 heteroatoms. The van der Waals surface area contributed by atoms with Crippen LogP contribution in [-0.2, 0) is 12.3 Å². The van der Waals surface area contributed by atoms with Crippen LogP contribution in [0.1, 0.15) is 41.5 Å². The fourth-order valence-corrected chi connectivity index (χ4v) is 15.8. The minimum Gasteiger partial charge on any atom is -0.441 e. The molecule has 19 heavy (non-hydrogen) atoms. The molecule has 0 aromatic heterocycles. The molecule has 0 aromatic rings. The van der Waals surface area contributed by atoms with Crippen molar-refractivity contribution in [1.82, 2.24) is 0 Å². The molecule has 0 bridgehead atoms. The van der Waals surface area contributed by atoms with Gasteiger partial charge in [-0.3, -0.25) is 0 Å². The molecule has 0 N–H and O–H groups in total. The summed E-state index contributed by atoms with van der Waals surface area (Å²) >= 11 is 0. The zero-order valence-electron chi connectivity index (χ0n) is 13.8. The van der Waals surface area contributed by atoms with Gasteiger partial charge in [0, 0.05) is 0 Å². The van der Waals surface area contributed by atoms with Crippen molar-refractivity contribution >= 4 is 36.6 Å². The Kier molecular flexibility index (Phi) is 13.0. The average molecular weight is 339 g/mol. The quantitative estimate of drug-likeness (QED) is 0.512. The lowest BCUT2D eigenvalue weighted by molar-refractivity contribution is 0.369. The van der Waals surface area contributed by atoms with E-state index in [1.54, 1.807) is 0 Å². The topological polar surface area (TPSA) is 27.7 Å². The predicted molar refractivity (Wildman–Crippen MR) is 94.7 cm³/mol. The Morgan fingerprint density at radius 2 is 0.789 bits per heavy atom. The molecule has 0 rings (SSSR count). The molecule has 0 fully saturated rings. The van der Waals surface area contributed by atoms with Crippen molar-refractivity contribution in [2.45, 2.75) is 77.8 Å². The smallest absolute Gasteiger partial charge is 0.301 e. The highest BCUT2D eigenvalue weighted by Gasteiger charge is 2.24. The summed E-state index contributed by atoms with van der Waals surface area (Å²) in [7, 11) is -4.83. The van der Waals surface area contributed by atoms with Crippen LogP contribution in [0.15, 0.2) is 0 Å². The first-order valence-corrected chi connectivity index (χ1v) is 15.8. The molecule has 0 aliphatic carbocycles. The van der Waals surface area contributed by atoms with Crippen molar-refractivity contribution in [3.8, 4) is 0 Å². The summed E-state index contributed by atoms with van der Waals surface area (Å²) in [5, 5.41) is 0. The van der Waals surface area contributed by atoms with Gasteiger partial charge < -0.3 is 12.3 Å². The molecular weight excluding hydrogens is 304 g/mol. The zero-order chi connectivity index (χ0) is 14.7. The molecule has 116 valence electrons. The van der Waals surface area contributed by atoms with E-state index in [9.17, 15) is 0 Å². The number of hydrogen-bond acceptors (Lipinski definition) is 3. The van der Waals surface area contributed by atoms with Gasteiger partial charge in [0.05, 0.1) is 0 Å². The van der Waals surface area contributed by atoms with E-state index >= 15 is 0 Å². The molecule has 3 nitrogen and oxygen atoms in total. The molecule has 0 aliphatic rings. The van der Waals surface area contributed by atoms with Gasteiger partial charge in [-0.05, 0) is 36.3 Å². The maximum absolute atomic E-state index is 6.32. The first-order valence-electron chi connectivity index (χ1n) is 8.11. The molecule has 0 aliphatic heterocycles. The highest BCUT2D eigenvalue weighted by molar-refractivity contribution is 6.70. The molecule has 0 saturated carbocycles. The van der Waals surface area contributed by atoms with Crippen LogP contribution in [0.25, 0.3) is 0 Å². The van der Waals surface area contributed by atoms with Gasteiger partial charge in [-0.1, -0.05) is 41.5 Å². The third kappa shape index (κ3) is 8.59. The SMILES string of the molecule is CC[SiH](CC)O[SiH](CC)O[SiH](CC)O[SiH](CC)CC. The van der Waals surface area contributed by atoms with Crippen LogP contribution in [-0.4, -0.2) is 36.6 Å². The van der Waals surface area contributed by atoms with E-state index in [2.05, 4.69) is 41.5 Å². The van der Waals surface area contributed by atoms with Crippen LogP contribution in [0.4, 0.5) is 0 Å². The second kappa shape index (κ2) is 12.5. The fourth-order valence-electron chi connectivity index (χ4n) is 2.01. The largest absolute Gasteiger partial charge is 0.441 e. The van der Waals surface area contributed by atoms with Crippen molar-refractivity contribution < 1.29 is 12.3 Å². The van der Waals surface area contributed by atoms with Crippen molar-refractivity contribution in [2.24, 2.45) is 0 Å². The minimum atomic E-state index is -1.44. The summed E-state index contributed by atoms with van der Waals surface area (Å²) in [6, 6.07) is 7.07. The lowest BCUT2D eigenvalue weighted by Crippen LogP contribution is -2.39. The summed E-state index contributed by atoms with van der Waals surface area (Å²) in [4.78, 5) is 0. The van der Waals surface area contributed by atoms with Gasteiger partial charge in [-0.25, -0.2) is 0 Å². The third-order valence-electron chi connectivity index (χ3n) is 3.48. The maximum Gasteiger partial charge on any atom is 0.301 e. The fraction of sp³-hybridized carbons (Fsp3) is 1.00. The van der Waals surface area contributed by atoms with Crippen LogP contribution >= 0.6 is 0 Å². The van der Waals surface area contributed by atoms with Crippen molar-refractivity contribution in [3.63, 3.8) is 0 Å². The molecule has 0 aromatic carbocycles. The Balaban J connectivity index is 4.30. The van der Waals surface area contributed by atoms with Crippen molar-refractivity contribution in [1.29, 1.82) is 0 Å². The summed E-state index contributed by atoms with van der Waals surface area (Å²) in [5.41, 5.74) is 0. The molecule has 0 saturated heterocycles. The zero-order valence-corrected chi connectivity index (χ0v) is 18.4. The monoisotopic (exact) mass is 338 g/mol. The third-order valence-corrected chi connectivity index (χ3v) is 16.4. The molecule has 0 spiro atoms. The minimum absolute atomic E-state index is 0.973. The molecule has 0 amide bonds. The maximum atomic E-state index is 6.32. The lowest BCUT2D eigenvalue weighted by atomic mass is 11.0. The van der Waals surface area contributed by atoms with E-state index in [1.165, 1.54) is 24.2 Å². The highest BCUT2D eigenvalue weighted by Crippen LogP contribution is 2.12.